The predicted octanol–water partition coefficient (Wildman–Crippen LogP) is 4.23. The topological polar surface area (TPSA) is 98.5 Å². The third-order valence-electron chi connectivity index (χ3n) is 4.84. The highest BCUT2D eigenvalue weighted by Gasteiger charge is 2.20. The van der Waals surface area contributed by atoms with E-state index in [0.29, 0.717) is 19.1 Å². The molecule has 0 saturated heterocycles. The van der Waals surface area contributed by atoms with E-state index >= 15 is 0 Å². The summed E-state index contributed by atoms with van der Waals surface area (Å²) in [5.41, 5.74) is 9.27. The number of nitrogen functional groups attached to an aromatic ring is 1. The molecule has 6 nitrogen and oxygen atoms in total. The first kappa shape index (κ1) is 22.5. The van der Waals surface area contributed by atoms with E-state index in [1.165, 1.54) is 17.7 Å². The van der Waals surface area contributed by atoms with Crippen molar-refractivity contribution in [3.8, 4) is 0 Å². The number of rotatable bonds is 8. The van der Waals surface area contributed by atoms with E-state index in [9.17, 15) is 13.2 Å². The number of carbonyl (C=O) groups excluding carboxylic acids is 1. The Bertz CT molecular complexity index is 1140. The van der Waals surface area contributed by atoms with E-state index in [1.807, 2.05) is 4.72 Å². The molecule has 3 N–H and O–H groups in total. The number of hydrogen-bond donors (Lipinski definition) is 2. The summed E-state index contributed by atoms with van der Waals surface area (Å²) in [5.74, 6) is -0.230. The predicted molar refractivity (Wildman–Crippen MR) is 121 cm³/mol. The van der Waals surface area contributed by atoms with Gasteiger partial charge in [-0.05, 0) is 46.9 Å². The molecule has 1 amide bonds. The van der Waals surface area contributed by atoms with Gasteiger partial charge in [-0.1, -0.05) is 62.4 Å². The summed E-state index contributed by atoms with van der Waals surface area (Å²) in [6.07, 6.45) is 0. The fourth-order valence-corrected chi connectivity index (χ4v) is 4.11. The van der Waals surface area contributed by atoms with Crippen LogP contribution in [0.25, 0.3) is 0 Å². The van der Waals surface area contributed by atoms with Gasteiger partial charge in [-0.25, -0.2) is 13.1 Å². The molecule has 0 atom stereocenters. The fourth-order valence-electron chi connectivity index (χ4n) is 3.00. The van der Waals surface area contributed by atoms with Crippen molar-refractivity contribution in [2.75, 3.05) is 5.73 Å². The van der Waals surface area contributed by atoms with Gasteiger partial charge in [-0.3, -0.25) is 4.79 Å². The van der Waals surface area contributed by atoms with E-state index in [1.54, 1.807) is 36.4 Å². The Kier molecular flexibility index (Phi) is 7.09. The molecule has 0 saturated carbocycles. The van der Waals surface area contributed by atoms with Gasteiger partial charge in [0.1, 0.15) is 4.90 Å². The first-order valence-corrected chi connectivity index (χ1v) is 11.4. The molecule has 0 unspecified atom stereocenters. The summed E-state index contributed by atoms with van der Waals surface area (Å²) in [7, 11) is -4.05. The number of ether oxygens (including phenoxy) is 1. The minimum absolute atomic E-state index is 0.0779. The van der Waals surface area contributed by atoms with Gasteiger partial charge in [0.15, 0.2) is 0 Å². The second-order valence-corrected chi connectivity index (χ2v) is 9.21. The van der Waals surface area contributed by atoms with Crippen LogP contribution in [0.15, 0.2) is 77.7 Å². The summed E-state index contributed by atoms with van der Waals surface area (Å²) in [6, 6.07) is 20.9. The molecule has 0 heterocycles. The number of sulfonamides is 1. The standard InChI is InChI=1S/C24H26N2O4S/c1-17(2)20-11-7-18(8-12-20)15-30-16-19-9-13-21(14-10-19)24(27)26-31(28,29)23-6-4-3-5-22(23)25/h3-14,17H,15-16,25H2,1-2H3,(H,26,27). The second kappa shape index (κ2) is 9.76. The van der Waals surface area contributed by atoms with Gasteiger partial charge >= 0.3 is 0 Å². The zero-order valence-corrected chi connectivity index (χ0v) is 18.4. The molecule has 0 aliphatic rings. The minimum atomic E-state index is -4.05. The van der Waals surface area contributed by atoms with E-state index in [4.69, 9.17) is 10.5 Å². The van der Waals surface area contributed by atoms with Crippen molar-refractivity contribution in [1.29, 1.82) is 0 Å². The lowest BCUT2D eigenvalue weighted by Gasteiger charge is -2.10. The first-order chi connectivity index (χ1) is 14.8. The van der Waals surface area contributed by atoms with Gasteiger partial charge in [-0.15, -0.1) is 0 Å². The van der Waals surface area contributed by atoms with E-state index < -0.39 is 15.9 Å². The van der Waals surface area contributed by atoms with Gasteiger partial charge in [-0.2, -0.15) is 0 Å². The van der Waals surface area contributed by atoms with Crippen molar-refractivity contribution in [3.63, 3.8) is 0 Å². The molecular weight excluding hydrogens is 412 g/mol. The van der Waals surface area contributed by atoms with Gasteiger partial charge in [0, 0.05) is 5.56 Å². The zero-order valence-electron chi connectivity index (χ0n) is 17.5. The molecule has 162 valence electrons. The lowest BCUT2D eigenvalue weighted by molar-refractivity contribution is 0.0980. The van der Waals surface area contributed by atoms with Crippen LogP contribution in [0, 0.1) is 0 Å². The van der Waals surface area contributed by atoms with Crippen LogP contribution < -0.4 is 10.5 Å². The van der Waals surface area contributed by atoms with Crippen LogP contribution in [0.3, 0.4) is 0 Å². The number of hydrogen-bond acceptors (Lipinski definition) is 5. The number of nitrogens with two attached hydrogens (primary N) is 1. The molecule has 0 bridgehead atoms. The van der Waals surface area contributed by atoms with Crippen LogP contribution in [0.2, 0.25) is 0 Å². The van der Waals surface area contributed by atoms with E-state index in [2.05, 4.69) is 38.1 Å². The molecule has 0 radical (unpaired) electrons. The zero-order chi connectivity index (χ0) is 22.4. The Labute approximate surface area is 183 Å². The number of nitrogens with one attached hydrogen (secondary N) is 1. The number of anilines is 1. The van der Waals surface area contributed by atoms with Crippen LogP contribution in [0.4, 0.5) is 5.69 Å². The number of para-hydroxylation sites is 1. The summed E-state index contributed by atoms with van der Waals surface area (Å²) in [6.45, 7) is 5.17. The molecule has 0 fully saturated rings. The van der Waals surface area contributed by atoms with Gasteiger partial charge in [0.05, 0.1) is 18.9 Å². The first-order valence-electron chi connectivity index (χ1n) is 9.93. The molecule has 3 aromatic rings. The van der Waals surface area contributed by atoms with E-state index in [-0.39, 0.29) is 16.1 Å². The quantitative estimate of drug-likeness (QED) is 0.513. The molecule has 0 aliphatic carbocycles. The average molecular weight is 439 g/mol. The lowest BCUT2D eigenvalue weighted by Crippen LogP contribution is -2.31. The monoisotopic (exact) mass is 438 g/mol. The Morgan fingerprint density at radius 3 is 2.00 bits per heavy atom. The highest BCUT2D eigenvalue weighted by atomic mass is 32.2. The number of benzene rings is 3. The summed E-state index contributed by atoms with van der Waals surface area (Å²) >= 11 is 0. The summed E-state index contributed by atoms with van der Waals surface area (Å²) in [5, 5.41) is 0. The van der Waals surface area contributed by atoms with Gasteiger partial charge < -0.3 is 10.5 Å². The Hall–Kier alpha value is -3.16. The lowest BCUT2D eigenvalue weighted by atomic mass is 10.0. The summed E-state index contributed by atoms with van der Waals surface area (Å²) in [4.78, 5) is 12.2. The SMILES string of the molecule is CC(C)c1ccc(COCc2ccc(C(=O)NS(=O)(=O)c3ccccc3N)cc2)cc1. The highest BCUT2D eigenvalue weighted by Crippen LogP contribution is 2.18. The van der Waals surface area contributed by atoms with Gasteiger partial charge in [0.2, 0.25) is 0 Å². The van der Waals surface area contributed by atoms with Crippen molar-refractivity contribution in [3.05, 3.63) is 95.1 Å². The number of amides is 1. The second-order valence-electron chi connectivity index (χ2n) is 7.56. The van der Waals surface area contributed by atoms with Crippen molar-refractivity contribution in [1.82, 2.24) is 4.72 Å². The van der Waals surface area contributed by atoms with Crippen molar-refractivity contribution in [2.24, 2.45) is 0 Å². The minimum Gasteiger partial charge on any atom is -0.398 e. The maximum atomic E-state index is 12.4. The third-order valence-corrected chi connectivity index (χ3v) is 6.24. The third kappa shape index (κ3) is 5.93. The van der Waals surface area contributed by atoms with Crippen molar-refractivity contribution >= 4 is 21.6 Å². The number of carbonyl (C=O) groups is 1. The molecule has 7 heteroatoms. The molecule has 0 aliphatic heterocycles. The summed E-state index contributed by atoms with van der Waals surface area (Å²) < 4.78 is 32.6. The maximum Gasteiger partial charge on any atom is 0.266 e. The molecule has 0 spiro atoms. The molecule has 3 aromatic carbocycles. The maximum absolute atomic E-state index is 12.4. The van der Waals surface area contributed by atoms with Crippen LogP contribution in [0.5, 0.6) is 0 Å². The molecular formula is C24H26N2O4S. The fraction of sp³-hybridized carbons (Fsp3) is 0.208. The largest absolute Gasteiger partial charge is 0.398 e. The van der Waals surface area contributed by atoms with E-state index in [0.717, 1.165) is 11.1 Å². The normalized spacial score (nSPS) is 11.5. The van der Waals surface area contributed by atoms with Gasteiger partial charge in [0.25, 0.3) is 15.9 Å². The Balaban J connectivity index is 1.56. The Morgan fingerprint density at radius 1 is 0.903 bits per heavy atom. The van der Waals surface area contributed by atoms with Crippen molar-refractivity contribution in [2.45, 2.75) is 37.9 Å². The smallest absolute Gasteiger partial charge is 0.266 e. The van der Waals surface area contributed by atoms with Crippen LogP contribution in [-0.2, 0) is 28.0 Å². The van der Waals surface area contributed by atoms with Crippen LogP contribution in [0.1, 0.15) is 46.8 Å². The molecule has 0 aromatic heterocycles. The molecule has 31 heavy (non-hydrogen) atoms. The highest BCUT2D eigenvalue weighted by molar-refractivity contribution is 7.90. The van der Waals surface area contributed by atoms with Crippen molar-refractivity contribution < 1.29 is 17.9 Å². The average Bonchev–Trinajstić information content (AvgIpc) is 2.74. The van der Waals surface area contributed by atoms with Crippen LogP contribution in [-0.4, -0.2) is 14.3 Å². The van der Waals surface area contributed by atoms with Crippen LogP contribution >= 0.6 is 0 Å². The Morgan fingerprint density at radius 2 is 1.45 bits per heavy atom. The molecule has 3 rings (SSSR count).